The maximum Gasteiger partial charge on any atom is 0.249 e. The molecule has 2 heterocycles. The Morgan fingerprint density at radius 3 is 2.49 bits per heavy atom. The summed E-state index contributed by atoms with van der Waals surface area (Å²) in [5, 5.41) is 5.78. The van der Waals surface area contributed by atoms with Gasteiger partial charge in [-0.05, 0) is 81.5 Å². The van der Waals surface area contributed by atoms with Gasteiger partial charge in [0.25, 0.3) is 0 Å². The average Bonchev–Trinajstić information content (AvgIpc) is 3.46. The first-order valence-corrected chi connectivity index (χ1v) is 13.3. The van der Waals surface area contributed by atoms with Gasteiger partial charge in [-0.25, -0.2) is 9.50 Å². The van der Waals surface area contributed by atoms with Crippen LogP contribution in [0.15, 0.2) is 30.5 Å². The number of primary amides is 1. The highest BCUT2D eigenvalue weighted by molar-refractivity contribution is 7.19. The van der Waals surface area contributed by atoms with Gasteiger partial charge in [0.1, 0.15) is 16.4 Å². The van der Waals surface area contributed by atoms with Crippen molar-refractivity contribution in [1.29, 1.82) is 0 Å². The van der Waals surface area contributed by atoms with Crippen molar-refractivity contribution in [3.05, 3.63) is 36.2 Å². The lowest BCUT2D eigenvalue weighted by Crippen LogP contribution is -2.48. The fourth-order valence-corrected chi connectivity index (χ4v) is 5.67. The number of fused-ring (bicyclic) bond motifs is 1. The van der Waals surface area contributed by atoms with Gasteiger partial charge < -0.3 is 19.9 Å². The summed E-state index contributed by atoms with van der Waals surface area (Å²) in [7, 11) is 3.32. The predicted molar refractivity (Wildman–Crippen MR) is 137 cm³/mol. The Morgan fingerprint density at radius 1 is 1.11 bits per heavy atom. The first-order chi connectivity index (χ1) is 17.0. The summed E-state index contributed by atoms with van der Waals surface area (Å²) in [6.07, 6.45) is 10.4. The molecule has 0 radical (unpaired) electrons. The van der Waals surface area contributed by atoms with Crippen LogP contribution in [-0.2, 0) is 20.7 Å². The standard InChI is InChI=1S/C26H36N4O4S/c1-32-15-5-3-4-6-16-34-22-9-7-20(8-10-22)23-29-30-21(18-28-25(30)35-23)17-19-11-13-26(33-2,14-12-19)24(27)31/h7-10,18-19H,3-6,11-17H2,1-2H3,(H2,27,31). The van der Waals surface area contributed by atoms with Crippen LogP contribution in [0.4, 0.5) is 0 Å². The monoisotopic (exact) mass is 500 g/mol. The molecule has 2 N–H and O–H groups in total. The molecule has 1 saturated carbocycles. The predicted octanol–water partition coefficient (Wildman–Crippen LogP) is 4.65. The molecule has 8 nitrogen and oxygen atoms in total. The van der Waals surface area contributed by atoms with Crippen LogP contribution in [0.2, 0.25) is 0 Å². The highest BCUT2D eigenvalue weighted by Gasteiger charge is 2.40. The number of hydrogen-bond acceptors (Lipinski definition) is 7. The van der Waals surface area contributed by atoms with Crippen LogP contribution >= 0.6 is 11.3 Å². The number of ether oxygens (including phenoxy) is 3. The van der Waals surface area contributed by atoms with Crippen LogP contribution in [-0.4, -0.2) is 53.5 Å². The number of carbonyl (C=O) groups is 1. The number of aromatic nitrogens is 3. The second kappa shape index (κ2) is 12.0. The molecule has 0 spiro atoms. The minimum Gasteiger partial charge on any atom is -0.494 e. The van der Waals surface area contributed by atoms with Crippen molar-refractivity contribution in [3.63, 3.8) is 0 Å². The van der Waals surface area contributed by atoms with Gasteiger partial charge in [0, 0.05) is 26.4 Å². The summed E-state index contributed by atoms with van der Waals surface area (Å²) in [6, 6.07) is 8.13. The lowest BCUT2D eigenvalue weighted by atomic mass is 9.76. The second-order valence-electron chi connectivity index (χ2n) is 9.34. The van der Waals surface area contributed by atoms with Crippen LogP contribution in [0.5, 0.6) is 5.75 Å². The fraction of sp³-hybridized carbons (Fsp3) is 0.577. The second-order valence-corrected chi connectivity index (χ2v) is 10.3. The van der Waals surface area contributed by atoms with Crippen LogP contribution in [0.1, 0.15) is 57.1 Å². The normalized spacial score (nSPS) is 20.3. The molecule has 4 rings (SSSR count). The Labute approximate surface area is 210 Å². The van der Waals surface area contributed by atoms with E-state index in [-0.39, 0.29) is 5.91 Å². The summed E-state index contributed by atoms with van der Waals surface area (Å²) >= 11 is 1.59. The topological polar surface area (TPSA) is 101 Å². The molecule has 1 aromatic carbocycles. The molecule has 35 heavy (non-hydrogen) atoms. The molecule has 3 aromatic rings. The third-order valence-corrected chi connectivity index (χ3v) is 7.99. The molecular weight excluding hydrogens is 464 g/mol. The number of amides is 1. The van der Waals surface area contributed by atoms with E-state index in [4.69, 9.17) is 25.0 Å². The van der Waals surface area contributed by atoms with E-state index in [0.29, 0.717) is 18.8 Å². The summed E-state index contributed by atoms with van der Waals surface area (Å²) in [5.41, 5.74) is 6.94. The first kappa shape index (κ1) is 25.6. The highest BCUT2D eigenvalue weighted by atomic mass is 32.1. The van der Waals surface area contributed by atoms with E-state index in [1.54, 1.807) is 25.6 Å². The maximum absolute atomic E-state index is 11.8. The van der Waals surface area contributed by atoms with Gasteiger partial charge in [0.2, 0.25) is 10.9 Å². The molecule has 1 aliphatic carbocycles. The Bertz CT molecular complexity index is 1090. The van der Waals surface area contributed by atoms with Crippen LogP contribution in [0.25, 0.3) is 15.5 Å². The molecule has 0 bridgehead atoms. The third-order valence-electron chi connectivity index (χ3n) is 7.02. The quantitative estimate of drug-likeness (QED) is 0.343. The summed E-state index contributed by atoms with van der Waals surface area (Å²) in [4.78, 5) is 17.3. The molecular formula is C26H36N4O4S. The molecule has 0 atom stereocenters. The first-order valence-electron chi connectivity index (χ1n) is 12.5. The van der Waals surface area contributed by atoms with Crippen LogP contribution in [0, 0.1) is 5.92 Å². The average molecular weight is 501 g/mol. The Kier molecular flexibility index (Phi) is 8.75. The zero-order valence-electron chi connectivity index (χ0n) is 20.7. The number of methoxy groups -OCH3 is 2. The van der Waals surface area contributed by atoms with E-state index in [2.05, 4.69) is 17.1 Å². The molecule has 1 fully saturated rings. The van der Waals surface area contributed by atoms with E-state index < -0.39 is 5.60 Å². The van der Waals surface area contributed by atoms with E-state index >= 15 is 0 Å². The van der Waals surface area contributed by atoms with E-state index in [0.717, 1.165) is 78.7 Å². The number of hydrogen-bond donors (Lipinski definition) is 1. The van der Waals surface area contributed by atoms with Gasteiger partial charge in [-0.1, -0.05) is 17.8 Å². The van der Waals surface area contributed by atoms with Crippen molar-refractivity contribution in [2.75, 3.05) is 27.4 Å². The third kappa shape index (κ3) is 6.20. The lowest BCUT2D eigenvalue weighted by molar-refractivity contribution is -0.145. The Balaban J connectivity index is 1.31. The molecule has 9 heteroatoms. The number of unbranched alkanes of at least 4 members (excludes halogenated alkanes) is 3. The fourth-order valence-electron chi connectivity index (χ4n) is 4.77. The number of benzene rings is 1. The van der Waals surface area contributed by atoms with Crippen molar-refractivity contribution in [3.8, 4) is 16.3 Å². The van der Waals surface area contributed by atoms with Gasteiger partial charge in [-0.15, -0.1) is 0 Å². The summed E-state index contributed by atoms with van der Waals surface area (Å²) in [6.45, 7) is 1.56. The largest absolute Gasteiger partial charge is 0.494 e. The number of imidazole rings is 1. The number of nitrogens with two attached hydrogens (primary N) is 1. The number of nitrogens with zero attached hydrogens (tertiary/aromatic N) is 3. The Morgan fingerprint density at radius 2 is 1.83 bits per heavy atom. The zero-order valence-corrected chi connectivity index (χ0v) is 21.5. The maximum atomic E-state index is 11.8. The lowest BCUT2D eigenvalue weighted by Gasteiger charge is -2.36. The minimum absolute atomic E-state index is 0.358. The highest BCUT2D eigenvalue weighted by Crippen LogP contribution is 2.36. The molecule has 0 saturated heterocycles. The molecule has 1 aliphatic rings. The number of carbonyl (C=O) groups excluding carboxylic acids is 1. The van der Waals surface area contributed by atoms with Crippen molar-refractivity contribution in [1.82, 2.24) is 14.6 Å². The van der Waals surface area contributed by atoms with Gasteiger partial charge in [0.15, 0.2) is 0 Å². The van der Waals surface area contributed by atoms with Crippen LogP contribution < -0.4 is 10.5 Å². The SMILES string of the molecule is COCCCCCCOc1ccc(-c2nn3c(CC4CCC(OC)(C(N)=O)CC4)cnc3s2)cc1. The van der Waals surface area contributed by atoms with Crippen LogP contribution in [0.3, 0.4) is 0 Å². The van der Waals surface area contributed by atoms with Crippen molar-refractivity contribution in [2.24, 2.45) is 11.7 Å². The molecule has 2 aromatic heterocycles. The van der Waals surface area contributed by atoms with E-state index in [1.807, 2.05) is 22.8 Å². The summed E-state index contributed by atoms with van der Waals surface area (Å²) < 4.78 is 18.4. The van der Waals surface area contributed by atoms with Crippen molar-refractivity contribution in [2.45, 2.75) is 63.4 Å². The smallest absolute Gasteiger partial charge is 0.249 e. The van der Waals surface area contributed by atoms with Crippen molar-refractivity contribution < 1.29 is 19.0 Å². The zero-order chi connectivity index (χ0) is 24.7. The van der Waals surface area contributed by atoms with E-state index in [9.17, 15) is 4.79 Å². The summed E-state index contributed by atoms with van der Waals surface area (Å²) in [5.74, 6) is 0.982. The van der Waals surface area contributed by atoms with E-state index in [1.165, 1.54) is 6.42 Å². The van der Waals surface area contributed by atoms with Gasteiger partial charge in [0.05, 0.1) is 18.5 Å². The number of rotatable bonds is 13. The van der Waals surface area contributed by atoms with Gasteiger partial charge in [-0.2, -0.15) is 5.10 Å². The Hall–Kier alpha value is -2.49. The molecule has 1 amide bonds. The minimum atomic E-state index is -0.809. The van der Waals surface area contributed by atoms with Gasteiger partial charge in [-0.3, -0.25) is 4.79 Å². The molecule has 190 valence electrons. The molecule has 0 unspecified atom stereocenters. The molecule has 0 aliphatic heterocycles. The van der Waals surface area contributed by atoms with Crippen molar-refractivity contribution >= 4 is 22.2 Å². The van der Waals surface area contributed by atoms with Gasteiger partial charge >= 0.3 is 0 Å².